The number of carbonyl (C=O) groups is 1. The fourth-order valence-electron chi connectivity index (χ4n) is 3.84. The van der Waals surface area contributed by atoms with Crippen LogP contribution in [0.2, 0.25) is 0 Å². The fraction of sp³-hybridized carbons (Fsp3) is 0.192. The molecule has 1 fully saturated rings. The quantitative estimate of drug-likeness (QED) is 0.307. The van der Waals surface area contributed by atoms with E-state index in [0.29, 0.717) is 48.9 Å². The fourth-order valence-corrected chi connectivity index (χ4v) is 3.84. The number of morpholine rings is 1. The molecule has 0 atom stereocenters. The maximum absolute atomic E-state index is 14.5. The van der Waals surface area contributed by atoms with E-state index in [9.17, 15) is 22.4 Å². The Kier molecular flexibility index (Phi) is 6.97. The molecule has 196 valence electrons. The van der Waals surface area contributed by atoms with Crippen LogP contribution in [0.15, 0.2) is 66.9 Å². The smallest absolute Gasteiger partial charge is 0.416 e. The Morgan fingerprint density at radius 1 is 0.947 bits per heavy atom. The first-order valence-electron chi connectivity index (χ1n) is 11.6. The highest BCUT2D eigenvalue weighted by Gasteiger charge is 2.30. The Bertz CT molecular complexity index is 1480. The van der Waals surface area contributed by atoms with Gasteiger partial charge in [-0.15, -0.1) is 0 Å². The Morgan fingerprint density at radius 2 is 1.71 bits per heavy atom. The number of fused-ring (bicyclic) bond motifs is 1. The van der Waals surface area contributed by atoms with E-state index < -0.39 is 23.6 Å². The van der Waals surface area contributed by atoms with E-state index in [2.05, 4.69) is 25.5 Å². The normalized spacial score (nSPS) is 13.8. The molecule has 2 amide bonds. The number of halogens is 4. The number of rotatable bonds is 5. The average molecular weight is 527 g/mol. The number of hydrogen-bond donors (Lipinski definition) is 2. The second-order valence-corrected chi connectivity index (χ2v) is 8.38. The van der Waals surface area contributed by atoms with Crippen molar-refractivity contribution >= 4 is 34.3 Å². The standard InChI is InChI=1S/C26H21F4N5O3/c27-20-6-4-18(33-25(36)32-17-3-1-2-16(12-17)26(28,29)30)13-23(20)38-19-5-7-21-22(14-19)34-24(15-31-21)35-8-10-37-11-9-35/h1-7,12-15H,8-11H2,(H2,32,33,36). The summed E-state index contributed by atoms with van der Waals surface area (Å²) in [6.45, 7) is 2.60. The molecule has 0 spiro atoms. The molecule has 0 aliphatic carbocycles. The number of nitrogens with one attached hydrogen (secondary N) is 2. The zero-order valence-electron chi connectivity index (χ0n) is 19.8. The molecule has 0 radical (unpaired) electrons. The summed E-state index contributed by atoms with van der Waals surface area (Å²) in [6.07, 6.45) is -2.86. The summed E-state index contributed by atoms with van der Waals surface area (Å²) in [6, 6.07) is 12.0. The zero-order valence-corrected chi connectivity index (χ0v) is 19.8. The van der Waals surface area contributed by atoms with Crippen LogP contribution in [-0.2, 0) is 10.9 Å². The van der Waals surface area contributed by atoms with E-state index in [-0.39, 0.29) is 17.1 Å². The largest absolute Gasteiger partial charge is 0.454 e. The number of anilines is 3. The van der Waals surface area contributed by atoms with Gasteiger partial charge in [-0.2, -0.15) is 13.2 Å². The monoisotopic (exact) mass is 527 g/mol. The molecule has 1 aliphatic heterocycles. The van der Waals surface area contributed by atoms with Crippen molar-refractivity contribution in [2.24, 2.45) is 0 Å². The van der Waals surface area contributed by atoms with E-state index >= 15 is 0 Å². The van der Waals surface area contributed by atoms with Crippen LogP contribution in [0.25, 0.3) is 11.0 Å². The molecular formula is C26H21F4N5O3. The van der Waals surface area contributed by atoms with E-state index in [1.165, 1.54) is 24.3 Å². The molecule has 1 aromatic heterocycles. The molecule has 0 bridgehead atoms. The highest BCUT2D eigenvalue weighted by Crippen LogP contribution is 2.32. The molecular weight excluding hydrogens is 506 g/mol. The summed E-state index contributed by atoms with van der Waals surface area (Å²) in [7, 11) is 0. The van der Waals surface area contributed by atoms with Crippen molar-refractivity contribution in [3.63, 3.8) is 0 Å². The molecule has 38 heavy (non-hydrogen) atoms. The Labute approximate surface area is 214 Å². The van der Waals surface area contributed by atoms with Gasteiger partial charge < -0.3 is 25.0 Å². The van der Waals surface area contributed by atoms with Crippen LogP contribution in [0.4, 0.5) is 39.5 Å². The lowest BCUT2D eigenvalue weighted by Gasteiger charge is -2.27. The molecule has 0 saturated carbocycles. The highest BCUT2D eigenvalue weighted by atomic mass is 19.4. The minimum atomic E-state index is -4.55. The van der Waals surface area contributed by atoms with Gasteiger partial charge >= 0.3 is 12.2 Å². The predicted molar refractivity (Wildman–Crippen MR) is 133 cm³/mol. The van der Waals surface area contributed by atoms with Crippen LogP contribution < -0.4 is 20.3 Å². The molecule has 2 N–H and O–H groups in total. The first-order chi connectivity index (χ1) is 18.2. The Morgan fingerprint density at radius 3 is 2.47 bits per heavy atom. The second-order valence-electron chi connectivity index (χ2n) is 8.38. The number of urea groups is 1. The van der Waals surface area contributed by atoms with Crippen LogP contribution in [0.1, 0.15) is 5.56 Å². The van der Waals surface area contributed by atoms with E-state index in [1.54, 1.807) is 24.4 Å². The van der Waals surface area contributed by atoms with Crippen molar-refractivity contribution < 1.29 is 31.8 Å². The van der Waals surface area contributed by atoms with Gasteiger partial charge in [0, 0.05) is 36.6 Å². The maximum Gasteiger partial charge on any atom is 0.416 e. The first kappa shape index (κ1) is 25.2. The van der Waals surface area contributed by atoms with Gasteiger partial charge in [0.05, 0.1) is 36.0 Å². The van der Waals surface area contributed by atoms with Gasteiger partial charge in [-0.3, -0.25) is 4.98 Å². The number of alkyl halides is 3. The minimum absolute atomic E-state index is 0.0513. The summed E-state index contributed by atoms with van der Waals surface area (Å²) >= 11 is 0. The molecule has 3 aromatic carbocycles. The second kappa shape index (κ2) is 10.5. The third kappa shape index (κ3) is 5.92. The van der Waals surface area contributed by atoms with Crippen molar-refractivity contribution in [3.05, 3.63) is 78.2 Å². The van der Waals surface area contributed by atoms with Crippen molar-refractivity contribution in [2.75, 3.05) is 41.8 Å². The number of amides is 2. The minimum Gasteiger partial charge on any atom is -0.454 e. The SMILES string of the molecule is O=C(Nc1cccc(C(F)(F)F)c1)Nc1ccc(F)c(Oc2ccc3ncc(N4CCOCC4)nc3c2)c1. The third-order valence-corrected chi connectivity index (χ3v) is 5.70. The molecule has 1 saturated heterocycles. The zero-order chi connectivity index (χ0) is 26.7. The summed E-state index contributed by atoms with van der Waals surface area (Å²) in [4.78, 5) is 23.5. The first-order valence-corrected chi connectivity index (χ1v) is 11.6. The van der Waals surface area contributed by atoms with E-state index in [1.807, 2.05) is 0 Å². The Balaban J connectivity index is 1.30. The van der Waals surface area contributed by atoms with Crippen molar-refractivity contribution in [1.82, 2.24) is 9.97 Å². The number of aromatic nitrogens is 2. The van der Waals surface area contributed by atoms with Gasteiger partial charge in [0.25, 0.3) is 0 Å². The van der Waals surface area contributed by atoms with Gasteiger partial charge in [0.1, 0.15) is 11.6 Å². The van der Waals surface area contributed by atoms with Gasteiger partial charge in [-0.1, -0.05) is 6.07 Å². The van der Waals surface area contributed by atoms with Crippen LogP contribution in [0.3, 0.4) is 0 Å². The molecule has 0 unspecified atom stereocenters. The van der Waals surface area contributed by atoms with Crippen molar-refractivity contribution in [3.8, 4) is 11.5 Å². The lowest BCUT2D eigenvalue weighted by atomic mass is 10.2. The highest BCUT2D eigenvalue weighted by molar-refractivity contribution is 5.99. The van der Waals surface area contributed by atoms with E-state index in [4.69, 9.17) is 9.47 Å². The molecule has 12 heteroatoms. The van der Waals surface area contributed by atoms with Gasteiger partial charge in [-0.25, -0.2) is 14.2 Å². The summed E-state index contributed by atoms with van der Waals surface area (Å²) in [5, 5.41) is 4.79. The Hall–Kier alpha value is -4.45. The molecule has 5 rings (SSSR count). The number of carbonyl (C=O) groups excluding carboxylic acids is 1. The number of nitrogens with zero attached hydrogens (tertiary/aromatic N) is 3. The molecule has 4 aromatic rings. The van der Waals surface area contributed by atoms with Crippen LogP contribution in [0.5, 0.6) is 11.5 Å². The lowest BCUT2D eigenvalue weighted by molar-refractivity contribution is -0.137. The van der Waals surface area contributed by atoms with Crippen LogP contribution >= 0.6 is 0 Å². The third-order valence-electron chi connectivity index (χ3n) is 5.70. The van der Waals surface area contributed by atoms with Crippen molar-refractivity contribution in [1.29, 1.82) is 0 Å². The van der Waals surface area contributed by atoms with E-state index in [0.717, 1.165) is 18.2 Å². The van der Waals surface area contributed by atoms with Crippen LogP contribution in [0, 0.1) is 5.82 Å². The lowest BCUT2D eigenvalue weighted by Crippen LogP contribution is -2.36. The summed E-state index contributed by atoms with van der Waals surface area (Å²) in [5.41, 5.74) is 0.411. The van der Waals surface area contributed by atoms with Gasteiger partial charge in [-0.05, 0) is 42.5 Å². The summed E-state index contributed by atoms with van der Waals surface area (Å²) < 4.78 is 64.3. The van der Waals surface area contributed by atoms with Gasteiger partial charge in [0.2, 0.25) is 0 Å². The predicted octanol–water partition coefficient (Wildman–Crippen LogP) is 6.06. The number of hydrogen-bond acceptors (Lipinski definition) is 6. The maximum atomic E-state index is 14.5. The number of benzene rings is 3. The number of ether oxygens (including phenoxy) is 2. The van der Waals surface area contributed by atoms with Crippen molar-refractivity contribution in [2.45, 2.75) is 6.18 Å². The van der Waals surface area contributed by atoms with Gasteiger partial charge in [0.15, 0.2) is 11.6 Å². The molecule has 8 nitrogen and oxygen atoms in total. The molecule has 1 aliphatic rings. The average Bonchev–Trinajstić information content (AvgIpc) is 2.90. The molecule has 2 heterocycles. The van der Waals surface area contributed by atoms with Crippen LogP contribution in [-0.4, -0.2) is 42.3 Å². The summed E-state index contributed by atoms with van der Waals surface area (Å²) in [5.74, 6) is 0.151. The topological polar surface area (TPSA) is 88.6 Å².